The lowest BCUT2D eigenvalue weighted by molar-refractivity contribution is -0.126. The number of rotatable bonds is 7. The van der Waals surface area contributed by atoms with Crippen LogP contribution >= 0.6 is 0 Å². The SMILES string of the molecule is COc1ccc(CN2CCC(CNC(=O)C3CC(=O)N(c4ccc(F)cc4F)C3)CC2)cc1. The average molecular weight is 458 g/mol. The minimum atomic E-state index is -0.800. The Labute approximate surface area is 192 Å². The molecule has 2 heterocycles. The summed E-state index contributed by atoms with van der Waals surface area (Å²) in [6.45, 7) is 3.50. The Bertz CT molecular complexity index is 991. The Kier molecular flexibility index (Phi) is 7.23. The minimum absolute atomic E-state index is 0.0148. The summed E-state index contributed by atoms with van der Waals surface area (Å²) < 4.78 is 32.4. The van der Waals surface area contributed by atoms with E-state index >= 15 is 0 Å². The zero-order chi connectivity index (χ0) is 23.4. The summed E-state index contributed by atoms with van der Waals surface area (Å²) in [4.78, 5) is 28.6. The van der Waals surface area contributed by atoms with Gasteiger partial charge in [-0.1, -0.05) is 12.1 Å². The Morgan fingerprint density at radius 1 is 1.12 bits per heavy atom. The van der Waals surface area contributed by atoms with Gasteiger partial charge in [-0.25, -0.2) is 8.78 Å². The average Bonchev–Trinajstić information content (AvgIpc) is 3.20. The van der Waals surface area contributed by atoms with Crippen LogP contribution in [0.4, 0.5) is 14.5 Å². The van der Waals surface area contributed by atoms with Gasteiger partial charge in [0.2, 0.25) is 11.8 Å². The van der Waals surface area contributed by atoms with Gasteiger partial charge in [-0.2, -0.15) is 0 Å². The Morgan fingerprint density at radius 3 is 2.52 bits per heavy atom. The zero-order valence-corrected chi connectivity index (χ0v) is 18.7. The van der Waals surface area contributed by atoms with E-state index < -0.39 is 17.6 Å². The molecule has 2 fully saturated rings. The number of nitrogens with zero attached hydrogens (tertiary/aromatic N) is 2. The highest BCUT2D eigenvalue weighted by Crippen LogP contribution is 2.28. The van der Waals surface area contributed by atoms with E-state index in [1.807, 2.05) is 12.1 Å². The molecule has 4 rings (SSSR count). The normalized spacial score (nSPS) is 19.7. The van der Waals surface area contributed by atoms with Gasteiger partial charge in [0.1, 0.15) is 17.4 Å². The molecule has 8 heteroatoms. The number of anilines is 1. The molecule has 1 N–H and O–H groups in total. The fraction of sp³-hybridized carbons (Fsp3) is 0.440. The molecule has 0 saturated carbocycles. The van der Waals surface area contributed by atoms with Crippen molar-refractivity contribution in [1.82, 2.24) is 10.2 Å². The number of ether oxygens (including phenoxy) is 1. The molecule has 33 heavy (non-hydrogen) atoms. The van der Waals surface area contributed by atoms with Crippen molar-refractivity contribution >= 4 is 17.5 Å². The van der Waals surface area contributed by atoms with Crippen molar-refractivity contribution in [1.29, 1.82) is 0 Å². The van der Waals surface area contributed by atoms with E-state index in [1.54, 1.807) is 7.11 Å². The quantitative estimate of drug-likeness (QED) is 0.693. The Hall–Kier alpha value is -3.00. The van der Waals surface area contributed by atoms with Crippen LogP contribution in [-0.4, -0.2) is 50.0 Å². The van der Waals surface area contributed by atoms with Crippen LogP contribution in [0.15, 0.2) is 42.5 Å². The second kappa shape index (κ2) is 10.3. The number of piperidine rings is 1. The molecule has 2 saturated heterocycles. The molecule has 6 nitrogen and oxygen atoms in total. The summed E-state index contributed by atoms with van der Waals surface area (Å²) in [5.74, 6) is -1.30. The van der Waals surface area contributed by atoms with Crippen LogP contribution in [0.5, 0.6) is 5.75 Å². The molecule has 1 unspecified atom stereocenters. The molecular weight excluding hydrogens is 428 g/mol. The number of likely N-dealkylation sites (tertiary alicyclic amines) is 1. The lowest BCUT2D eigenvalue weighted by atomic mass is 9.96. The van der Waals surface area contributed by atoms with Crippen LogP contribution in [0, 0.1) is 23.5 Å². The predicted molar refractivity (Wildman–Crippen MR) is 121 cm³/mol. The highest BCUT2D eigenvalue weighted by Gasteiger charge is 2.36. The molecule has 2 aromatic rings. The van der Waals surface area contributed by atoms with Gasteiger partial charge in [0.15, 0.2) is 0 Å². The van der Waals surface area contributed by atoms with E-state index in [0.717, 1.165) is 50.4 Å². The van der Waals surface area contributed by atoms with E-state index in [1.165, 1.54) is 16.5 Å². The van der Waals surface area contributed by atoms with Gasteiger partial charge in [0.25, 0.3) is 0 Å². The van der Waals surface area contributed by atoms with E-state index in [0.29, 0.717) is 12.5 Å². The van der Waals surface area contributed by atoms with Crippen LogP contribution in [-0.2, 0) is 16.1 Å². The van der Waals surface area contributed by atoms with Crippen molar-refractivity contribution in [2.75, 3.05) is 38.2 Å². The molecule has 0 spiro atoms. The van der Waals surface area contributed by atoms with Crippen LogP contribution in [0.3, 0.4) is 0 Å². The van der Waals surface area contributed by atoms with Crippen LogP contribution < -0.4 is 15.0 Å². The lowest BCUT2D eigenvalue weighted by Crippen LogP contribution is -2.40. The maximum Gasteiger partial charge on any atom is 0.227 e. The third kappa shape index (κ3) is 5.68. The number of benzene rings is 2. The molecule has 2 amide bonds. The second-order valence-corrected chi connectivity index (χ2v) is 8.81. The minimum Gasteiger partial charge on any atom is -0.497 e. The third-order valence-electron chi connectivity index (χ3n) is 6.53. The molecule has 2 aliphatic heterocycles. The van der Waals surface area contributed by atoms with E-state index in [9.17, 15) is 18.4 Å². The molecule has 2 aromatic carbocycles. The van der Waals surface area contributed by atoms with E-state index in [4.69, 9.17) is 4.74 Å². The van der Waals surface area contributed by atoms with Crippen molar-refractivity contribution in [2.24, 2.45) is 11.8 Å². The summed E-state index contributed by atoms with van der Waals surface area (Å²) in [5.41, 5.74) is 1.26. The van der Waals surface area contributed by atoms with Crippen molar-refractivity contribution < 1.29 is 23.1 Å². The monoisotopic (exact) mass is 457 g/mol. The maximum atomic E-state index is 14.1. The molecular formula is C25H29F2N3O3. The molecule has 2 aliphatic rings. The van der Waals surface area contributed by atoms with Gasteiger partial charge >= 0.3 is 0 Å². The first-order valence-corrected chi connectivity index (χ1v) is 11.3. The fourth-order valence-electron chi connectivity index (χ4n) is 4.54. The smallest absolute Gasteiger partial charge is 0.227 e. The summed E-state index contributed by atoms with van der Waals surface area (Å²) in [6, 6.07) is 11.2. The van der Waals surface area contributed by atoms with Crippen molar-refractivity contribution in [3.63, 3.8) is 0 Å². The number of hydrogen-bond donors (Lipinski definition) is 1. The van der Waals surface area contributed by atoms with Crippen LogP contribution in [0.1, 0.15) is 24.8 Å². The van der Waals surface area contributed by atoms with Gasteiger partial charge in [-0.05, 0) is 61.7 Å². The number of carbonyl (C=O) groups is 2. The first-order chi connectivity index (χ1) is 15.9. The first kappa shape index (κ1) is 23.2. The lowest BCUT2D eigenvalue weighted by Gasteiger charge is -2.32. The number of halogens is 2. The van der Waals surface area contributed by atoms with E-state index in [-0.39, 0.29) is 30.5 Å². The number of nitrogens with one attached hydrogen (secondary N) is 1. The van der Waals surface area contributed by atoms with Gasteiger partial charge in [-0.3, -0.25) is 14.5 Å². The summed E-state index contributed by atoms with van der Waals surface area (Å²) >= 11 is 0. The standard InChI is InChI=1S/C25H29F2N3O3/c1-33-21-5-2-18(3-6-21)15-29-10-8-17(9-11-29)14-28-25(32)19-12-24(31)30(16-19)23-7-4-20(26)13-22(23)27/h2-7,13,17,19H,8-12,14-16H2,1H3,(H,28,32). The summed E-state index contributed by atoms with van der Waals surface area (Å²) in [5, 5.41) is 2.98. The number of hydrogen-bond acceptors (Lipinski definition) is 4. The fourth-order valence-corrected chi connectivity index (χ4v) is 4.54. The predicted octanol–water partition coefficient (Wildman–Crippen LogP) is 3.35. The number of carbonyl (C=O) groups excluding carboxylic acids is 2. The van der Waals surface area contributed by atoms with Crippen LogP contribution in [0.25, 0.3) is 0 Å². The molecule has 0 aromatic heterocycles. The van der Waals surface area contributed by atoms with Crippen molar-refractivity contribution in [3.05, 3.63) is 59.7 Å². The van der Waals surface area contributed by atoms with Gasteiger partial charge in [0.05, 0.1) is 18.7 Å². The third-order valence-corrected chi connectivity index (χ3v) is 6.53. The first-order valence-electron chi connectivity index (χ1n) is 11.3. The molecule has 0 bridgehead atoms. The number of amides is 2. The largest absolute Gasteiger partial charge is 0.497 e. The highest BCUT2D eigenvalue weighted by atomic mass is 19.1. The maximum absolute atomic E-state index is 14.1. The zero-order valence-electron chi connectivity index (χ0n) is 18.7. The van der Waals surface area contributed by atoms with E-state index in [2.05, 4.69) is 22.3 Å². The molecule has 0 aliphatic carbocycles. The van der Waals surface area contributed by atoms with Crippen molar-refractivity contribution in [2.45, 2.75) is 25.8 Å². The van der Waals surface area contributed by atoms with Gasteiger partial charge in [0, 0.05) is 32.1 Å². The van der Waals surface area contributed by atoms with Crippen molar-refractivity contribution in [3.8, 4) is 5.75 Å². The second-order valence-electron chi connectivity index (χ2n) is 8.81. The molecule has 0 radical (unpaired) electrons. The molecule has 176 valence electrons. The molecule has 1 atom stereocenters. The van der Waals surface area contributed by atoms with Crippen LogP contribution in [0.2, 0.25) is 0 Å². The summed E-state index contributed by atoms with van der Waals surface area (Å²) in [7, 11) is 1.66. The summed E-state index contributed by atoms with van der Waals surface area (Å²) in [6.07, 6.45) is 2.02. The topological polar surface area (TPSA) is 61.9 Å². The van der Waals surface area contributed by atoms with Gasteiger partial charge < -0.3 is 15.0 Å². The highest BCUT2D eigenvalue weighted by molar-refractivity contribution is 6.00. The van der Waals surface area contributed by atoms with Gasteiger partial charge in [-0.15, -0.1) is 0 Å². The Morgan fingerprint density at radius 2 is 1.85 bits per heavy atom. The number of methoxy groups -OCH3 is 1. The Balaban J connectivity index is 1.21.